The van der Waals surface area contributed by atoms with E-state index in [1.165, 1.54) is 4.57 Å². The van der Waals surface area contributed by atoms with Crippen molar-refractivity contribution in [3.05, 3.63) is 49.4 Å². The molecule has 1 aromatic carbocycles. The lowest BCUT2D eigenvalue weighted by Crippen LogP contribution is -2.48. The van der Waals surface area contributed by atoms with Crippen molar-refractivity contribution in [2.24, 2.45) is 0 Å². The molecule has 0 bridgehead atoms. The van der Waals surface area contributed by atoms with Crippen LogP contribution in [0.2, 0.25) is 0 Å². The maximum Gasteiger partial charge on any atom is 0.270 e. The van der Waals surface area contributed by atoms with Gasteiger partial charge in [0.05, 0.1) is 12.6 Å². The fraction of sp³-hybridized carbons (Fsp3) is 0.348. The second-order valence-electron chi connectivity index (χ2n) is 7.51. The van der Waals surface area contributed by atoms with Gasteiger partial charge in [-0.15, -0.1) is 11.3 Å². The SMILES string of the molecule is CCn1c(=C(C#N)C(=O)NCC#N)sc(=CNc2cccc(CCN3CCNC(=O)C3)c2)c1=O. The Morgan fingerprint density at radius 2 is 2.15 bits per heavy atom. The molecule has 0 aliphatic carbocycles. The lowest BCUT2D eigenvalue weighted by molar-refractivity contribution is -0.124. The molecule has 2 amide bonds. The number of thiazole rings is 1. The number of carbonyl (C=O) groups excluding carboxylic acids is 2. The van der Waals surface area contributed by atoms with Crippen LogP contribution in [0, 0.1) is 22.7 Å². The normalized spacial score (nSPS) is 15.1. The van der Waals surface area contributed by atoms with E-state index in [9.17, 15) is 19.6 Å². The van der Waals surface area contributed by atoms with Crippen molar-refractivity contribution in [2.45, 2.75) is 19.9 Å². The summed E-state index contributed by atoms with van der Waals surface area (Å²) in [6, 6.07) is 11.4. The molecule has 3 rings (SSSR count). The van der Waals surface area contributed by atoms with Crippen molar-refractivity contribution < 1.29 is 9.59 Å². The number of hydrogen-bond acceptors (Lipinski definition) is 8. The zero-order chi connectivity index (χ0) is 24.5. The monoisotopic (exact) mass is 479 g/mol. The van der Waals surface area contributed by atoms with Crippen molar-refractivity contribution in [2.75, 3.05) is 38.0 Å². The summed E-state index contributed by atoms with van der Waals surface area (Å²) in [6.07, 6.45) is 2.35. The van der Waals surface area contributed by atoms with Crippen LogP contribution in [0.15, 0.2) is 29.1 Å². The van der Waals surface area contributed by atoms with Crippen LogP contribution in [-0.4, -0.2) is 54.0 Å². The van der Waals surface area contributed by atoms with Crippen LogP contribution in [0.3, 0.4) is 0 Å². The van der Waals surface area contributed by atoms with E-state index in [2.05, 4.69) is 20.9 Å². The van der Waals surface area contributed by atoms with Gasteiger partial charge in [-0.05, 0) is 31.0 Å². The lowest BCUT2D eigenvalue weighted by atomic mass is 10.1. The molecule has 0 saturated carbocycles. The molecule has 2 aromatic rings. The van der Waals surface area contributed by atoms with E-state index in [0.717, 1.165) is 42.1 Å². The van der Waals surface area contributed by atoms with Crippen LogP contribution in [0.25, 0.3) is 11.8 Å². The Kier molecular flexibility index (Phi) is 8.57. The summed E-state index contributed by atoms with van der Waals surface area (Å²) in [4.78, 5) is 38.7. The number of nitriles is 2. The fourth-order valence-electron chi connectivity index (χ4n) is 3.53. The molecule has 1 aromatic heterocycles. The molecule has 1 aliphatic heterocycles. The van der Waals surface area contributed by atoms with E-state index in [1.54, 1.807) is 19.2 Å². The Balaban J connectivity index is 1.81. The van der Waals surface area contributed by atoms with Gasteiger partial charge in [0, 0.05) is 38.1 Å². The summed E-state index contributed by atoms with van der Waals surface area (Å²) in [7, 11) is 0. The first-order valence-electron chi connectivity index (χ1n) is 10.8. The maximum absolute atomic E-state index is 12.8. The van der Waals surface area contributed by atoms with Gasteiger partial charge in [0.15, 0.2) is 5.57 Å². The summed E-state index contributed by atoms with van der Waals surface area (Å²) in [5.74, 6) is -0.644. The highest BCUT2D eigenvalue weighted by Crippen LogP contribution is 2.12. The van der Waals surface area contributed by atoms with E-state index >= 15 is 0 Å². The second-order valence-corrected chi connectivity index (χ2v) is 8.54. The van der Waals surface area contributed by atoms with Crippen LogP contribution >= 0.6 is 11.3 Å². The summed E-state index contributed by atoms with van der Waals surface area (Å²) in [5, 5.41) is 26.4. The number of nitrogens with zero attached hydrogens (tertiary/aromatic N) is 4. The van der Waals surface area contributed by atoms with Gasteiger partial charge >= 0.3 is 0 Å². The molecule has 0 radical (unpaired) electrons. The van der Waals surface area contributed by atoms with Gasteiger partial charge in [-0.25, -0.2) is 0 Å². The number of carbonyl (C=O) groups is 2. The first-order chi connectivity index (χ1) is 16.5. The largest absolute Gasteiger partial charge is 0.360 e. The van der Waals surface area contributed by atoms with Crippen molar-refractivity contribution >= 4 is 40.6 Å². The van der Waals surface area contributed by atoms with E-state index in [-0.39, 0.29) is 28.2 Å². The van der Waals surface area contributed by atoms with E-state index in [4.69, 9.17) is 5.26 Å². The molecule has 34 heavy (non-hydrogen) atoms. The van der Waals surface area contributed by atoms with E-state index in [0.29, 0.717) is 24.2 Å². The topological polar surface area (TPSA) is 143 Å². The third-order valence-electron chi connectivity index (χ3n) is 5.24. The zero-order valence-electron chi connectivity index (χ0n) is 18.8. The Bertz CT molecular complexity index is 1330. The lowest BCUT2D eigenvalue weighted by Gasteiger charge is -2.26. The van der Waals surface area contributed by atoms with Crippen molar-refractivity contribution in [1.82, 2.24) is 20.1 Å². The molecule has 10 nitrogen and oxygen atoms in total. The van der Waals surface area contributed by atoms with Crippen LogP contribution in [0.5, 0.6) is 0 Å². The predicted molar refractivity (Wildman–Crippen MR) is 129 cm³/mol. The molecule has 11 heteroatoms. The molecular weight excluding hydrogens is 454 g/mol. The molecular formula is C23H25N7O3S. The van der Waals surface area contributed by atoms with Gasteiger partial charge < -0.3 is 16.0 Å². The first-order valence-corrected chi connectivity index (χ1v) is 11.6. The Morgan fingerprint density at radius 1 is 1.32 bits per heavy atom. The third-order valence-corrected chi connectivity index (χ3v) is 6.37. The first kappa shape index (κ1) is 24.7. The smallest absolute Gasteiger partial charge is 0.270 e. The van der Waals surface area contributed by atoms with Gasteiger partial charge in [-0.3, -0.25) is 23.9 Å². The third kappa shape index (κ3) is 6.10. The highest BCUT2D eigenvalue weighted by molar-refractivity contribution is 7.07. The number of piperazine rings is 1. The van der Waals surface area contributed by atoms with Crippen LogP contribution in [0.4, 0.5) is 5.69 Å². The standard InChI is InChI=1S/C23H25N7O3S/c1-2-30-22(33)19(34-23(30)18(13-25)21(32)27-8-7-24)14-28-17-5-3-4-16(12-17)6-10-29-11-9-26-20(31)15-29/h3-5,12,14,28H,2,6,8-11,15H2,1H3,(H,26,31)(H,27,32). The quantitative estimate of drug-likeness (QED) is 0.415. The zero-order valence-corrected chi connectivity index (χ0v) is 19.6. The Labute approximate surface area is 200 Å². The molecule has 176 valence electrons. The van der Waals surface area contributed by atoms with Crippen molar-refractivity contribution in [1.29, 1.82) is 10.5 Å². The number of rotatable bonds is 8. The summed E-state index contributed by atoms with van der Waals surface area (Å²) >= 11 is 1.04. The number of amides is 2. The molecule has 1 saturated heterocycles. The minimum Gasteiger partial charge on any atom is -0.360 e. The second kappa shape index (κ2) is 11.8. The number of benzene rings is 1. The molecule has 3 N–H and O–H groups in total. The number of nitrogens with one attached hydrogen (secondary N) is 3. The highest BCUT2D eigenvalue weighted by atomic mass is 32.1. The van der Waals surface area contributed by atoms with Gasteiger partial charge in [0.1, 0.15) is 21.8 Å². The van der Waals surface area contributed by atoms with E-state index < -0.39 is 5.91 Å². The summed E-state index contributed by atoms with van der Waals surface area (Å²) < 4.78 is 1.97. The van der Waals surface area contributed by atoms with Crippen molar-refractivity contribution in [3.8, 4) is 12.1 Å². The molecule has 0 atom stereocenters. The van der Waals surface area contributed by atoms with Gasteiger partial charge in [0.2, 0.25) is 5.91 Å². The molecule has 2 heterocycles. The van der Waals surface area contributed by atoms with Crippen LogP contribution in [0.1, 0.15) is 12.5 Å². The van der Waals surface area contributed by atoms with Gasteiger partial charge in [0.25, 0.3) is 11.5 Å². The fourth-order valence-corrected chi connectivity index (χ4v) is 4.62. The van der Waals surface area contributed by atoms with Gasteiger partial charge in [-0.1, -0.05) is 12.1 Å². The van der Waals surface area contributed by atoms with E-state index in [1.807, 2.05) is 30.3 Å². The van der Waals surface area contributed by atoms with Crippen LogP contribution < -0.4 is 30.7 Å². The summed E-state index contributed by atoms with van der Waals surface area (Å²) in [5.41, 5.74) is 1.38. The predicted octanol–water partition coefficient (Wildman–Crippen LogP) is -0.932. The maximum atomic E-state index is 12.8. The Hall–Kier alpha value is -3.93. The minimum atomic E-state index is -0.689. The highest BCUT2D eigenvalue weighted by Gasteiger charge is 2.16. The molecule has 1 aliphatic rings. The average molecular weight is 480 g/mol. The number of aromatic nitrogens is 1. The molecule has 1 fully saturated rings. The minimum absolute atomic E-state index is 0.0451. The molecule has 0 spiro atoms. The number of anilines is 1. The van der Waals surface area contributed by atoms with Crippen LogP contribution in [-0.2, 0) is 22.6 Å². The molecule has 0 unspecified atom stereocenters. The van der Waals surface area contributed by atoms with Crippen molar-refractivity contribution in [3.63, 3.8) is 0 Å². The van der Waals surface area contributed by atoms with Gasteiger partial charge in [-0.2, -0.15) is 10.5 Å². The summed E-state index contributed by atoms with van der Waals surface area (Å²) in [6.45, 7) is 4.50. The Morgan fingerprint density at radius 3 is 2.85 bits per heavy atom. The number of hydrogen-bond donors (Lipinski definition) is 3. The average Bonchev–Trinajstić information content (AvgIpc) is 3.15.